The zero-order valence-corrected chi connectivity index (χ0v) is 13.1. The van der Waals surface area contributed by atoms with Crippen molar-refractivity contribution in [3.8, 4) is 0 Å². The molecule has 1 aromatic heterocycles. The van der Waals surface area contributed by atoms with E-state index in [1.165, 1.54) is 5.56 Å². The Morgan fingerprint density at radius 1 is 1.33 bits per heavy atom. The molecular weight excluding hydrogens is 284 g/mol. The average molecular weight is 305 g/mol. The van der Waals surface area contributed by atoms with Gasteiger partial charge in [0.1, 0.15) is 0 Å². The minimum absolute atomic E-state index is 0.190. The van der Waals surface area contributed by atoms with Crippen molar-refractivity contribution in [1.82, 2.24) is 9.88 Å². The zero-order chi connectivity index (χ0) is 14.8. The van der Waals surface area contributed by atoms with Crippen LogP contribution >= 0.6 is 11.6 Å². The molecule has 0 amide bonds. The Morgan fingerprint density at radius 3 is 2.81 bits per heavy atom. The molecule has 21 heavy (non-hydrogen) atoms. The molecular formula is C17H21ClN2O. The molecule has 0 spiro atoms. The summed E-state index contributed by atoms with van der Waals surface area (Å²) in [5.74, 6) is 0.446. The van der Waals surface area contributed by atoms with Gasteiger partial charge in [-0.1, -0.05) is 17.7 Å². The van der Waals surface area contributed by atoms with Crippen LogP contribution in [0.2, 0.25) is 5.02 Å². The molecule has 1 atom stereocenters. The molecule has 2 heterocycles. The van der Waals surface area contributed by atoms with E-state index in [4.69, 9.17) is 11.6 Å². The first-order valence-electron chi connectivity index (χ1n) is 7.57. The summed E-state index contributed by atoms with van der Waals surface area (Å²) >= 11 is 6.24. The number of aliphatic hydroxyl groups is 1. The molecule has 1 fully saturated rings. The summed E-state index contributed by atoms with van der Waals surface area (Å²) in [6, 6.07) is 7.99. The Labute approximate surface area is 130 Å². The van der Waals surface area contributed by atoms with E-state index in [-0.39, 0.29) is 6.10 Å². The lowest BCUT2D eigenvalue weighted by Crippen LogP contribution is -2.36. The maximum Gasteiger partial charge on any atom is 0.0761 e. The Kier molecular flexibility index (Phi) is 4.43. The minimum Gasteiger partial charge on any atom is -0.393 e. The van der Waals surface area contributed by atoms with Crippen LogP contribution in [0.25, 0.3) is 10.9 Å². The molecule has 1 aliphatic heterocycles. The summed E-state index contributed by atoms with van der Waals surface area (Å²) < 4.78 is 0. The molecule has 1 unspecified atom stereocenters. The third kappa shape index (κ3) is 3.20. The van der Waals surface area contributed by atoms with Gasteiger partial charge >= 0.3 is 0 Å². The van der Waals surface area contributed by atoms with Crippen LogP contribution in [0.15, 0.2) is 30.5 Å². The number of hydrogen-bond acceptors (Lipinski definition) is 3. The molecule has 1 aromatic carbocycles. The molecule has 1 saturated heterocycles. The number of pyridine rings is 1. The van der Waals surface area contributed by atoms with Gasteiger partial charge in [-0.25, -0.2) is 0 Å². The monoisotopic (exact) mass is 304 g/mol. The average Bonchev–Trinajstić information content (AvgIpc) is 2.51. The fourth-order valence-corrected chi connectivity index (χ4v) is 3.37. The molecule has 0 bridgehead atoms. The largest absolute Gasteiger partial charge is 0.393 e. The van der Waals surface area contributed by atoms with E-state index in [1.807, 2.05) is 31.3 Å². The molecule has 4 heteroatoms. The van der Waals surface area contributed by atoms with Gasteiger partial charge in [0.15, 0.2) is 0 Å². The second kappa shape index (κ2) is 6.30. The first-order valence-corrected chi connectivity index (χ1v) is 7.95. The van der Waals surface area contributed by atoms with Crippen molar-refractivity contribution in [1.29, 1.82) is 0 Å². The number of rotatable bonds is 3. The maximum atomic E-state index is 9.68. The summed E-state index contributed by atoms with van der Waals surface area (Å²) in [6.07, 6.45) is 3.76. The highest BCUT2D eigenvalue weighted by molar-refractivity contribution is 6.35. The van der Waals surface area contributed by atoms with E-state index < -0.39 is 0 Å². The van der Waals surface area contributed by atoms with Crippen LogP contribution in [0, 0.1) is 5.92 Å². The van der Waals surface area contributed by atoms with Gasteiger partial charge in [0, 0.05) is 23.2 Å². The second-order valence-corrected chi connectivity index (χ2v) is 6.37. The smallest absolute Gasteiger partial charge is 0.0761 e. The fraction of sp³-hybridized carbons (Fsp3) is 0.471. The predicted molar refractivity (Wildman–Crippen MR) is 86.4 cm³/mol. The highest BCUT2D eigenvalue weighted by atomic mass is 35.5. The summed E-state index contributed by atoms with van der Waals surface area (Å²) in [7, 11) is 0. The third-order valence-electron chi connectivity index (χ3n) is 4.51. The van der Waals surface area contributed by atoms with E-state index in [0.29, 0.717) is 5.92 Å². The van der Waals surface area contributed by atoms with Crippen molar-refractivity contribution in [2.24, 2.45) is 5.92 Å². The Balaban J connectivity index is 1.76. The van der Waals surface area contributed by atoms with Crippen LogP contribution in [-0.4, -0.2) is 34.2 Å². The van der Waals surface area contributed by atoms with Crippen LogP contribution in [0.1, 0.15) is 25.3 Å². The number of fused-ring (bicyclic) bond motifs is 1. The van der Waals surface area contributed by atoms with Crippen LogP contribution < -0.4 is 0 Å². The van der Waals surface area contributed by atoms with Gasteiger partial charge in [0.2, 0.25) is 0 Å². The van der Waals surface area contributed by atoms with Gasteiger partial charge in [-0.15, -0.1) is 0 Å². The van der Waals surface area contributed by atoms with Crippen molar-refractivity contribution in [2.45, 2.75) is 32.4 Å². The van der Waals surface area contributed by atoms with Gasteiger partial charge in [0.05, 0.1) is 11.6 Å². The summed E-state index contributed by atoms with van der Waals surface area (Å²) in [4.78, 5) is 6.94. The molecule has 1 aliphatic rings. The fourth-order valence-electron chi connectivity index (χ4n) is 3.16. The molecule has 3 rings (SSSR count). The molecule has 2 aromatic rings. The topological polar surface area (TPSA) is 36.4 Å². The van der Waals surface area contributed by atoms with Crippen LogP contribution in [0.3, 0.4) is 0 Å². The number of nitrogens with zero attached hydrogens (tertiary/aromatic N) is 2. The van der Waals surface area contributed by atoms with Crippen molar-refractivity contribution in [3.05, 3.63) is 41.0 Å². The standard InChI is InChI=1S/C17H21ClN2O/c1-12(21)13-6-9-20(10-7-13)11-14-4-5-16(18)15-3-2-8-19-17(14)15/h2-5,8,12-13,21H,6-7,9-11H2,1H3. The Morgan fingerprint density at radius 2 is 2.10 bits per heavy atom. The summed E-state index contributed by atoms with van der Waals surface area (Å²) in [5.41, 5.74) is 2.23. The van der Waals surface area contributed by atoms with Gasteiger partial charge in [-0.05, 0) is 62.5 Å². The number of benzene rings is 1. The van der Waals surface area contributed by atoms with E-state index in [9.17, 15) is 5.11 Å². The third-order valence-corrected chi connectivity index (χ3v) is 4.84. The number of aromatic nitrogens is 1. The lowest BCUT2D eigenvalue weighted by molar-refractivity contribution is 0.0696. The molecule has 1 N–H and O–H groups in total. The lowest BCUT2D eigenvalue weighted by atomic mass is 9.92. The SMILES string of the molecule is CC(O)C1CCN(Cc2ccc(Cl)c3cccnc23)CC1. The first-order chi connectivity index (χ1) is 10.1. The summed E-state index contributed by atoms with van der Waals surface area (Å²) in [6.45, 7) is 4.87. The van der Waals surface area contributed by atoms with Gasteiger partial charge in [-0.2, -0.15) is 0 Å². The van der Waals surface area contributed by atoms with Crippen molar-refractivity contribution in [2.75, 3.05) is 13.1 Å². The lowest BCUT2D eigenvalue weighted by Gasteiger charge is -2.33. The zero-order valence-electron chi connectivity index (χ0n) is 12.3. The normalized spacial score (nSPS) is 19.0. The number of aliphatic hydroxyl groups excluding tert-OH is 1. The van der Waals surface area contributed by atoms with Gasteiger partial charge in [0.25, 0.3) is 0 Å². The van der Waals surface area contributed by atoms with Crippen molar-refractivity contribution in [3.63, 3.8) is 0 Å². The van der Waals surface area contributed by atoms with Crippen molar-refractivity contribution >= 4 is 22.5 Å². The number of halogens is 1. The quantitative estimate of drug-likeness (QED) is 0.943. The van der Waals surface area contributed by atoms with E-state index in [1.54, 1.807) is 0 Å². The number of likely N-dealkylation sites (tertiary alicyclic amines) is 1. The molecule has 0 saturated carbocycles. The predicted octanol–water partition coefficient (Wildman–Crippen LogP) is 3.48. The number of hydrogen-bond donors (Lipinski definition) is 1. The Bertz CT molecular complexity index is 621. The highest BCUT2D eigenvalue weighted by Crippen LogP contribution is 2.27. The maximum absolute atomic E-state index is 9.68. The summed E-state index contributed by atoms with van der Waals surface area (Å²) in [5, 5.41) is 11.5. The molecule has 0 aliphatic carbocycles. The van der Waals surface area contributed by atoms with E-state index >= 15 is 0 Å². The van der Waals surface area contributed by atoms with E-state index in [0.717, 1.165) is 48.4 Å². The first kappa shape index (κ1) is 14.8. The van der Waals surface area contributed by atoms with Crippen molar-refractivity contribution < 1.29 is 5.11 Å². The van der Waals surface area contributed by atoms with Crippen LogP contribution in [0.5, 0.6) is 0 Å². The second-order valence-electron chi connectivity index (χ2n) is 5.96. The van der Waals surface area contributed by atoms with Crippen LogP contribution in [-0.2, 0) is 6.54 Å². The van der Waals surface area contributed by atoms with Crippen LogP contribution in [0.4, 0.5) is 0 Å². The highest BCUT2D eigenvalue weighted by Gasteiger charge is 2.23. The molecule has 112 valence electrons. The molecule has 3 nitrogen and oxygen atoms in total. The van der Waals surface area contributed by atoms with Gasteiger partial charge in [-0.3, -0.25) is 9.88 Å². The minimum atomic E-state index is -0.190. The molecule has 0 radical (unpaired) electrons. The van der Waals surface area contributed by atoms with E-state index in [2.05, 4.69) is 16.0 Å². The van der Waals surface area contributed by atoms with Gasteiger partial charge < -0.3 is 5.11 Å². The number of piperidine rings is 1. The Hall–Kier alpha value is -1.16.